The quantitative estimate of drug-likeness (QED) is 0.938. The Morgan fingerprint density at radius 2 is 1.90 bits per heavy atom. The summed E-state index contributed by atoms with van der Waals surface area (Å²) in [5.41, 5.74) is 0.426. The Morgan fingerprint density at radius 1 is 1.24 bits per heavy atom. The molecule has 2 rings (SSSR count). The minimum Gasteiger partial charge on any atom is -0.480 e. The Bertz CT molecular complexity index is 695. The molecule has 0 radical (unpaired) electrons. The van der Waals surface area contributed by atoms with Crippen molar-refractivity contribution in [3.8, 4) is 11.8 Å². The van der Waals surface area contributed by atoms with Crippen molar-refractivity contribution in [2.45, 2.75) is 13.0 Å². The number of anilines is 1. The third-order valence-corrected chi connectivity index (χ3v) is 2.81. The van der Waals surface area contributed by atoms with Crippen LogP contribution in [0.25, 0.3) is 0 Å². The molecule has 21 heavy (non-hydrogen) atoms. The molecule has 2 aromatic carbocycles. The molecule has 5 heteroatoms. The summed E-state index contributed by atoms with van der Waals surface area (Å²) < 4.78 is 18.9. The Balaban J connectivity index is 2.07. The largest absolute Gasteiger partial charge is 0.480 e. The molecule has 0 aliphatic rings. The maximum Gasteiger partial charge on any atom is 0.265 e. The first-order valence-electron chi connectivity index (χ1n) is 6.33. The lowest BCUT2D eigenvalue weighted by Crippen LogP contribution is -2.30. The number of carbonyl (C=O) groups is 1. The fourth-order valence-electron chi connectivity index (χ4n) is 1.70. The van der Waals surface area contributed by atoms with Crippen molar-refractivity contribution in [1.29, 1.82) is 5.26 Å². The van der Waals surface area contributed by atoms with Crippen LogP contribution in [0.4, 0.5) is 10.1 Å². The fourth-order valence-corrected chi connectivity index (χ4v) is 1.70. The highest BCUT2D eigenvalue weighted by Crippen LogP contribution is 2.19. The summed E-state index contributed by atoms with van der Waals surface area (Å²) in [6.07, 6.45) is -0.862. The number of nitrogens with one attached hydrogen (secondary N) is 1. The number of hydrogen-bond acceptors (Lipinski definition) is 3. The Morgan fingerprint density at radius 3 is 2.62 bits per heavy atom. The molecule has 1 amide bonds. The average Bonchev–Trinajstić information content (AvgIpc) is 2.50. The molecule has 0 aliphatic carbocycles. The van der Waals surface area contributed by atoms with Gasteiger partial charge in [0.2, 0.25) is 0 Å². The van der Waals surface area contributed by atoms with Gasteiger partial charge in [-0.05, 0) is 31.2 Å². The molecule has 0 saturated carbocycles. The van der Waals surface area contributed by atoms with Crippen LogP contribution in [-0.2, 0) is 4.79 Å². The SMILES string of the molecule is CC(Oc1ccccc1C#N)C(=O)Nc1ccccc1F. The van der Waals surface area contributed by atoms with Crippen molar-refractivity contribution in [3.05, 3.63) is 59.9 Å². The molecule has 4 nitrogen and oxygen atoms in total. The molecule has 0 aromatic heterocycles. The summed E-state index contributed by atoms with van der Waals surface area (Å²) in [5.74, 6) is -0.695. The van der Waals surface area contributed by atoms with Crippen molar-refractivity contribution >= 4 is 11.6 Å². The first-order valence-corrected chi connectivity index (χ1v) is 6.33. The first kappa shape index (κ1) is 14.5. The predicted octanol–water partition coefficient (Wildman–Crippen LogP) is 3.10. The smallest absolute Gasteiger partial charge is 0.265 e. The van der Waals surface area contributed by atoms with E-state index in [1.807, 2.05) is 6.07 Å². The van der Waals surface area contributed by atoms with Gasteiger partial charge < -0.3 is 10.1 Å². The standard InChI is InChI=1S/C16H13FN2O2/c1-11(21-15-9-5-2-6-12(15)10-18)16(20)19-14-8-4-3-7-13(14)17/h2-9,11H,1H3,(H,19,20). The monoisotopic (exact) mass is 284 g/mol. The van der Waals surface area contributed by atoms with Crippen LogP contribution >= 0.6 is 0 Å². The summed E-state index contributed by atoms with van der Waals surface area (Å²) in [4.78, 5) is 12.0. The molecule has 106 valence electrons. The van der Waals surface area contributed by atoms with E-state index in [0.29, 0.717) is 11.3 Å². The molecular formula is C16H13FN2O2. The summed E-state index contributed by atoms with van der Waals surface area (Å²) in [7, 11) is 0. The maximum atomic E-state index is 13.5. The van der Waals surface area contributed by atoms with E-state index in [1.54, 1.807) is 30.3 Å². The number of nitriles is 1. The van der Waals surface area contributed by atoms with Gasteiger partial charge in [-0.1, -0.05) is 24.3 Å². The van der Waals surface area contributed by atoms with Crippen molar-refractivity contribution in [3.63, 3.8) is 0 Å². The van der Waals surface area contributed by atoms with E-state index in [1.165, 1.54) is 25.1 Å². The van der Waals surface area contributed by atoms with E-state index in [0.717, 1.165) is 0 Å². The van der Waals surface area contributed by atoms with Gasteiger partial charge in [0.25, 0.3) is 5.91 Å². The second-order valence-electron chi connectivity index (χ2n) is 4.34. The molecule has 0 fully saturated rings. The number of ether oxygens (including phenoxy) is 1. The number of para-hydroxylation sites is 2. The molecule has 0 heterocycles. The number of halogens is 1. The topological polar surface area (TPSA) is 62.1 Å². The molecule has 0 bridgehead atoms. The number of rotatable bonds is 4. The highest BCUT2D eigenvalue weighted by molar-refractivity contribution is 5.94. The Kier molecular flexibility index (Phi) is 4.52. The van der Waals surface area contributed by atoms with Gasteiger partial charge in [-0.3, -0.25) is 4.79 Å². The third-order valence-electron chi connectivity index (χ3n) is 2.81. The van der Waals surface area contributed by atoms with E-state index < -0.39 is 17.8 Å². The van der Waals surface area contributed by atoms with E-state index in [2.05, 4.69) is 5.32 Å². The molecule has 1 unspecified atom stereocenters. The van der Waals surface area contributed by atoms with E-state index in [4.69, 9.17) is 10.00 Å². The lowest BCUT2D eigenvalue weighted by molar-refractivity contribution is -0.122. The lowest BCUT2D eigenvalue weighted by Gasteiger charge is -2.15. The average molecular weight is 284 g/mol. The second-order valence-corrected chi connectivity index (χ2v) is 4.34. The highest BCUT2D eigenvalue weighted by Gasteiger charge is 2.17. The molecule has 0 spiro atoms. The summed E-state index contributed by atoms with van der Waals surface area (Å²) in [6, 6.07) is 14.5. The van der Waals surface area contributed by atoms with Crippen LogP contribution < -0.4 is 10.1 Å². The minimum absolute atomic E-state index is 0.0894. The van der Waals surface area contributed by atoms with Gasteiger partial charge in [-0.15, -0.1) is 0 Å². The van der Waals surface area contributed by atoms with Crippen LogP contribution in [0.2, 0.25) is 0 Å². The molecule has 2 aromatic rings. The summed E-state index contributed by atoms with van der Waals surface area (Å²) in [6.45, 7) is 1.53. The maximum absolute atomic E-state index is 13.5. The van der Waals surface area contributed by atoms with E-state index in [9.17, 15) is 9.18 Å². The predicted molar refractivity (Wildman–Crippen MR) is 76.3 cm³/mol. The van der Waals surface area contributed by atoms with Crippen LogP contribution in [-0.4, -0.2) is 12.0 Å². The van der Waals surface area contributed by atoms with Crippen LogP contribution in [0.15, 0.2) is 48.5 Å². The van der Waals surface area contributed by atoms with Crippen LogP contribution in [0, 0.1) is 17.1 Å². The van der Waals surface area contributed by atoms with Crippen LogP contribution in [0.3, 0.4) is 0 Å². The zero-order valence-corrected chi connectivity index (χ0v) is 11.3. The minimum atomic E-state index is -0.862. The third kappa shape index (κ3) is 3.57. The summed E-state index contributed by atoms with van der Waals surface area (Å²) >= 11 is 0. The molecule has 1 N–H and O–H groups in total. The second kappa shape index (κ2) is 6.53. The Labute approximate surface area is 121 Å². The van der Waals surface area contributed by atoms with Crippen LogP contribution in [0.5, 0.6) is 5.75 Å². The molecular weight excluding hydrogens is 271 g/mol. The van der Waals surface area contributed by atoms with Gasteiger partial charge in [-0.25, -0.2) is 4.39 Å². The number of amides is 1. The lowest BCUT2D eigenvalue weighted by atomic mass is 10.2. The van der Waals surface area contributed by atoms with Gasteiger partial charge in [0, 0.05) is 0 Å². The van der Waals surface area contributed by atoms with Crippen molar-refractivity contribution in [2.24, 2.45) is 0 Å². The summed E-state index contributed by atoms with van der Waals surface area (Å²) in [5, 5.41) is 11.4. The molecule has 0 aliphatic heterocycles. The van der Waals surface area contributed by atoms with Crippen LogP contribution in [0.1, 0.15) is 12.5 Å². The van der Waals surface area contributed by atoms with Gasteiger partial charge in [0.1, 0.15) is 17.6 Å². The molecule has 0 saturated heterocycles. The van der Waals surface area contributed by atoms with Gasteiger partial charge >= 0.3 is 0 Å². The van der Waals surface area contributed by atoms with Gasteiger partial charge in [0.05, 0.1) is 11.3 Å². The van der Waals surface area contributed by atoms with E-state index in [-0.39, 0.29) is 5.69 Å². The van der Waals surface area contributed by atoms with Crippen molar-refractivity contribution < 1.29 is 13.9 Å². The van der Waals surface area contributed by atoms with Gasteiger partial charge in [0.15, 0.2) is 6.10 Å². The number of hydrogen-bond donors (Lipinski definition) is 1. The van der Waals surface area contributed by atoms with Crippen molar-refractivity contribution in [2.75, 3.05) is 5.32 Å². The van der Waals surface area contributed by atoms with Gasteiger partial charge in [-0.2, -0.15) is 5.26 Å². The molecule has 1 atom stereocenters. The normalized spacial score (nSPS) is 11.3. The van der Waals surface area contributed by atoms with E-state index >= 15 is 0 Å². The number of nitrogens with zero attached hydrogens (tertiary/aromatic N) is 1. The first-order chi connectivity index (χ1) is 10.1. The number of carbonyl (C=O) groups excluding carboxylic acids is 1. The zero-order valence-electron chi connectivity index (χ0n) is 11.3. The highest BCUT2D eigenvalue weighted by atomic mass is 19.1. The van der Waals surface area contributed by atoms with Crippen molar-refractivity contribution in [1.82, 2.24) is 0 Å². The Hall–Kier alpha value is -2.87. The fraction of sp³-hybridized carbons (Fsp3) is 0.125. The zero-order chi connectivity index (χ0) is 15.2. The number of benzene rings is 2.